The summed E-state index contributed by atoms with van der Waals surface area (Å²) in [5, 5.41) is 0.307. The van der Waals surface area contributed by atoms with Gasteiger partial charge in [0.1, 0.15) is 0 Å². The number of hydrogen-bond acceptors (Lipinski definition) is 2. The number of carbonyl (C=O) groups excluding carboxylic acids is 1. The van der Waals surface area contributed by atoms with Gasteiger partial charge in [-0.05, 0) is 106 Å². The molecule has 3 saturated carbocycles. The van der Waals surface area contributed by atoms with Crippen LogP contribution in [0.4, 0.5) is 4.39 Å². The van der Waals surface area contributed by atoms with Crippen molar-refractivity contribution in [1.82, 2.24) is 0 Å². The largest absolute Gasteiger partial charge is 0.423 e. The van der Waals surface area contributed by atoms with Gasteiger partial charge in [-0.2, -0.15) is 0 Å². The first-order valence-electron chi connectivity index (χ1n) is 12.2. The summed E-state index contributed by atoms with van der Waals surface area (Å²) in [6, 6.07) is 4.18. The van der Waals surface area contributed by atoms with Gasteiger partial charge in [-0.25, -0.2) is 4.39 Å². The quantitative estimate of drug-likeness (QED) is 0.348. The molecule has 1 aromatic carbocycles. The maximum atomic E-state index is 13.9. The molecule has 3 aliphatic carbocycles. The van der Waals surface area contributed by atoms with Gasteiger partial charge < -0.3 is 4.74 Å². The second kappa shape index (κ2) is 10.0. The van der Waals surface area contributed by atoms with E-state index in [-0.39, 0.29) is 17.6 Å². The summed E-state index contributed by atoms with van der Waals surface area (Å²) in [4.78, 5) is 12.5. The first-order chi connectivity index (χ1) is 14.5. The van der Waals surface area contributed by atoms with Crippen molar-refractivity contribution in [2.75, 3.05) is 0 Å². The number of esters is 1. The molecule has 30 heavy (non-hydrogen) atoms. The van der Waals surface area contributed by atoms with Crippen LogP contribution in [0.5, 0.6) is 5.75 Å². The van der Waals surface area contributed by atoms with Crippen LogP contribution in [0, 0.1) is 41.3 Å². The molecule has 3 aliphatic rings. The standard InChI is InChI=1S/C26H36ClFO2/c1-2-3-17-4-5-22-15-21(11-10-20(22)14-17)18-6-8-19(9-7-18)26(29)30-25-13-12-23(27)16-24(25)28/h12-13,16-22H,2-11,14-15H2,1H3. The molecule has 0 saturated heterocycles. The highest BCUT2D eigenvalue weighted by atomic mass is 35.5. The van der Waals surface area contributed by atoms with Crippen molar-refractivity contribution in [2.45, 2.75) is 84.0 Å². The number of hydrogen-bond donors (Lipinski definition) is 0. The second-order valence-corrected chi connectivity index (χ2v) is 10.6. The van der Waals surface area contributed by atoms with E-state index in [1.807, 2.05) is 0 Å². The summed E-state index contributed by atoms with van der Waals surface area (Å²) in [5.41, 5.74) is 0. The topological polar surface area (TPSA) is 26.3 Å². The second-order valence-electron chi connectivity index (χ2n) is 10.2. The van der Waals surface area contributed by atoms with E-state index in [0.29, 0.717) is 5.02 Å². The maximum Gasteiger partial charge on any atom is 0.314 e. The van der Waals surface area contributed by atoms with E-state index < -0.39 is 5.82 Å². The Morgan fingerprint density at radius 3 is 2.30 bits per heavy atom. The zero-order valence-electron chi connectivity index (χ0n) is 18.3. The van der Waals surface area contributed by atoms with E-state index in [9.17, 15) is 9.18 Å². The third-order valence-electron chi connectivity index (χ3n) is 8.34. The Bertz CT molecular complexity index is 728. The summed E-state index contributed by atoms with van der Waals surface area (Å²) in [6.45, 7) is 2.32. The Labute approximate surface area is 185 Å². The first-order valence-corrected chi connectivity index (χ1v) is 12.6. The van der Waals surface area contributed by atoms with Gasteiger partial charge in [-0.3, -0.25) is 4.79 Å². The number of fused-ring (bicyclic) bond motifs is 1. The number of benzene rings is 1. The maximum absolute atomic E-state index is 13.9. The average Bonchev–Trinajstić information content (AvgIpc) is 2.75. The van der Waals surface area contributed by atoms with Crippen molar-refractivity contribution in [3.8, 4) is 5.75 Å². The molecule has 0 radical (unpaired) electrons. The van der Waals surface area contributed by atoms with E-state index in [0.717, 1.165) is 55.3 Å². The molecule has 0 aliphatic heterocycles. The van der Waals surface area contributed by atoms with Crippen molar-refractivity contribution in [2.24, 2.45) is 35.5 Å². The Morgan fingerprint density at radius 2 is 1.60 bits per heavy atom. The molecular weight excluding hydrogens is 399 g/mol. The SMILES string of the molecule is CCCC1CCC2CC(C3CCC(C(=O)Oc4ccc(Cl)cc4F)CC3)CCC2C1. The van der Waals surface area contributed by atoms with Crippen LogP contribution < -0.4 is 4.74 Å². The van der Waals surface area contributed by atoms with Crippen molar-refractivity contribution < 1.29 is 13.9 Å². The van der Waals surface area contributed by atoms with Crippen LogP contribution in [-0.2, 0) is 4.79 Å². The molecule has 4 unspecified atom stereocenters. The van der Waals surface area contributed by atoms with Gasteiger partial charge in [0.15, 0.2) is 11.6 Å². The van der Waals surface area contributed by atoms with E-state index in [4.69, 9.17) is 16.3 Å². The molecular formula is C26H36ClFO2. The van der Waals surface area contributed by atoms with E-state index >= 15 is 0 Å². The summed E-state index contributed by atoms with van der Waals surface area (Å²) >= 11 is 5.78. The lowest BCUT2D eigenvalue weighted by molar-refractivity contribution is -0.140. The van der Waals surface area contributed by atoms with Crippen molar-refractivity contribution in [1.29, 1.82) is 0 Å². The third kappa shape index (κ3) is 5.21. The van der Waals surface area contributed by atoms with Gasteiger partial charge in [-0.1, -0.05) is 37.8 Å². The van der Waals surface area contributed by atoms with Crippen molar-refractivity contribution >= 4 is 17.6 Å². The highest BCUT2D eigenvalue weighted by Gasteiger charge is 2.39. The van der Waals surface area contributed by atoms with Crippen LogP contribution in [0.25, 0.3) is 0 Å². The smallest absolute Gasteiger partial charge is 0.314 e. The fourth-order valence-corrected chi connectivity index (χ4v) is 6.86. The van der Waals surface area contributed by atoms with E-state index in [1.165, 1.54) is 63.5 Å². The molecule has 0 spiro atoms. The van der Waals surface area contributed by atoms with Crippen LogP contribution in [0.15, 0.2) is 18.2 Å². The zero-order valence-corrected chi connectivity index (χ0v) is 19.0. The Balaban J connectivity index is 1.24. The van der Waals surface area contributed by atoms with Crippen molar-refractivity contribution in [3.63, 3.8) is 0 Å². The molecule has 4 rings (SSSR count). The number of carbonyl (C=O) groups is 1. The monoisotopic (exact) mass is 434 g/mol. The minimum atomic E-state index is -0.574. The zero-order chi connectivity index (χ0) is 21.1. The highest BCUT2D eigenvalue weighted by Crippen LogP contribution is 2.49. The predicted octanol–water partition coefficient (Wildman–Crippen LogP) is 7.82. The van der Waals surface area contributed by atoms with E-state index in [2.05, 4.69) is 6.92 Å². The fourth-order valence-electron chi connectivity index (χ4n) is 6.70. The van der Waals surface area contributed by atoms with Gasteiger partial charge in [-0.15, -0.1) is 0 Å². The van der Waals surface area contributed by atoms with Crippen LogP contribution >= 0.6 is 11.6 Å². The lowest BCUT2D eigenvalue weighted by Gasteiger charge is -2.45. The average molecular weight is 435 g/mol. The minimum absolute atomic E-state index is 0.0106. The molecule has 0 N–H and O–H groups in total. The summed E-state index contributed by atoms with van der Waals surface area (Å²) < 4.78 is 19.3. The Kier molecular flexibility index (Phi) is 7.39. The lowest BCUT2D eigenvalue weighted by atomic mass is 9.60. The molecule has 2 nitrogen and oxygen atoms in total. The molecule has 3 fully saturated rings. The normalized spacial score (nSPS) is 34.2. The van der Waals surface area contributed by atoms with Gasteiger partial charge in [0.25, 0.3) is 0 Å². The highest BCUT2D eigenvalue weighted by molar-refractivity contribution is 6.30. The molecule has 4 atom stereocenters. The van der Waals surface area contributed by atoms with Crippen LogP contribution in [0.1, 0.15) is 84.0 Å². The molecule has 4 heteroatoms. The minimum Gasteiger partial charge on any atom is -0.423 e. The Morgan fingerprint density at radius 1 is 0.967 bits per heavy atom. The number of halogens is 2. The summed E-state index contributed by atoms with van der Waals surface area (Å²) in [6.07, 6.45) is 15.3. The molecule has 0 heterocycles. The van der Waals surface area contributed by atoms with Crippen LogP contribution in [0.3, 0.4) is 0 Å². The van der Waals surface area contributed by atoms with Gasteiger partial charge in [0, 0.05) is 5.02 Å². The van der Waals surface area contributed by atoms with Crippen LogP contribution in [-0.4, -0.2) is 5.97 Å². The van der Waals surface area contributed by atoms with Crippen molar-refractivity contribution in [3.05, 3.63) is 29.0 Å². The molecule has 0 amide bonds. The molecule has 166 valence electrons. The third-order valence-corrected chi connectivity index (χ3v) is 8.57. The molecule has 0 bridgehead atoms. The number of rotatable bonds is 5. The van der Waals surface area contributed by atoms with Gasteiger partial charge in [0.05, 0.1) is 5.92 Å². The first kappa shape index (κ1) is 22.1. The summed E-state index contributed by atoms with van der Waals surface area (Å²) in [5.74, 6) is 3.55. The van der Waals surface area contributed by atoms with Gasteiger partial charge >= 0.3 is 5.97 Å². The predicted molar refractivity (Wildman–Crippen MR) is 119 cm³/mol. The molecule has 0 aromatic heterocycles. The van der Waals surface area contributed by atoms with E-state index in [1.54, 1.807) is 6.07 Å². The summed E-state index contributed by atoms with van der Waals surface area (Å²) in [7, 11) is 0. The fraction of sp³-hybridized carbons (Fsp3) is 0.731. The lowest BCUT2D eigenvalue weighted by Crippen LogP contribution is -2.35. The Hall–Kier alpha value is -1.09. The molecule has 1 aromatic rings. The van der Waals surface area contributed by atoms with Gasteiger partial charge in [0.2, 0.25) is 0 Å². The number of ether oxygens (including phenoxy) is 1. The van der Waals surface area contributed by atoms with Crippen LogP contribution in [0.2, 0.25) is 5.02 Å².